The molecule has 3 rings (SSSR count). The third-order valence-corrected chi connectivity index (χ3v) is 5.03. The van der Waals surface area contributed by atoms with E-state index >= 15 is 0 Å². The van der Waals surface area contributed by atoms with Gasteiger partial charge in [0, 0.05) is 44.2 Å². The highest BCUT2D eigenvalue weighted by molar-refractivity contribution is 5.79. The number of carbonyl (C=O) groups excluding carboxylic acids is 1. The van der Waals surface area contributed by atoms with Crippen LogP contribution in [0.15, 0.2) is 23.9 Å². The molecule has 124 valence electrons. The summed E-state index contributed by atoms with van der Waals surface area (Å²) in [6.45, 7) is 9.70. The van der Waals surface area contributed by atoms with E-state index in [-0.39, 0.29) is 5.41 Å². The van der Waals surface area contributed by atoms with Crippen LogP contribution in [0, 0.1) is 12.3 Å². The number of piperidine rings is 1. The van der Waals surface area contributed by atoms with Crippen molar-refractivity contribution in [2.24, 2.45) is 5.41 Å². The molecule has 3 heterocycles. The van der Waals surface area contributed by atoms with Gasteiger partial charge in [-0.15, -0.1) is 0 Å². The van der Waals surface area contributed by atoms with Gasteiger partial charge in [-0.3, -0.25) is 4.79 Å². The smallest absolute Gasteiger partial charge is 0.223 e. The Balaban J connectivity index is 1.62. The number of rotatable bonds is 3. The van der Waals surface area contributed by atoms with Crippen molar-refractivity contribution >= 4 is 11.7 Å². The fourth-order valence-corrected chi connectivity index (χ4v) is 3.61. The molecule has 2 fully saturated rings. The summed E-state index contributed by atoms with van der Waals surface area (Å²) in [5.74, 6) is 2.14. The van der Waals surface area contributed by atoms with Crippen LogP contribution in [0.2, 0.25) is 0 Å². The highest BCUT2D eigenvalue weighted by Crippen LogP contribution is 2.41. The molecule has 0 aromatic carbocycles. The Kier molecular flexibility index (Phi) is 4.37. The second-order valence-corrected chi connectivity index (χ2v) is 7.18. The predicted octanol–water partition coefficient (Wildman–Crippen LogP) is 2.57. The van der Waals surface area contributed by atoms with Gasteiger partial charge in [0.15, 0.2) is 0 Å². The van der Waals surface area contributed by atoms with E-state index in [0.29, 0.717) is 12.3 Å². The van der Waals surface area contributed by atoms with Crippen LogP contribution in [0.4, 0.5) is 5.82 Å². The topological polar surface area (TPSA) is 49.3 Å². The van der Waals surface area contributed by atoms with Crippen molar-refractivity contribution in [3.63, 3.8) is 0 Å². The molecule has 0 radical (unpaired) electrons. The van der Waals surface area contributed by atoms with Crippen molar-refractivity contribution < 1.29 is 4.79 Å². The van der Waals surface area contributed by atoms with Crippen molar-refractivity contribution in [2.45, 2.75) is 40.0 Å². The minimum Gasteiger partial charge on any atom is -0.356 e. The van der Waals surface area contributed by atoms with E-state index in [1.54, 1.807) is 0 Å². The maximum atomic E-state index is 12.3. The highest BCUT2D eigenvalue weighted by atomic mass is 16.2. The molecule has 1 aromatic rings. The number of hydrogen-bond donors (Lipinski definition) is 0. The van der Waals surface area contributed by atoms with E-state index in [0.717, 1.165) is 50.7 Å². The quantitative estimate of drug-likeness (QED) is 0.805. The van der Waals surface area contributed by atoms with Gasteiger partial charge < -0.3 is 9.80 Å². The van der Waals surface area contributed by atoms with Gasteiger partial charge in [-0.25, -0.2) is 9.97 Å². The average Bonchev–Trinajstić information content (AvgIpc) is 2.81. The Labute approximate surface area is 138 Å². The first-order valence-electron chi connectivity index (χ1n) is 8.43. The Bertz CT molecular complexity index is 613. The number of hydrogen-bond acceptors (Lipinski definition) is 4. The molecule has 23 heavy (non-hydrogen) atoms. The van der Waals surface area contributed by atoms with Gasteiger partial charge in [0.2, 0.25) is 5.91 Å². The van der Waals surface area contributed by atoms with Crippen LogP contribution in [0.25, 0.3) is 0 Å². The molecule has 0 unspecified atom stereocenters. The third kappa shape index (κ3) is 3.54. The zero-order valence-corrected chi connectivity index (χ0v) is 14.4. The molecule has 5 nitrogen and oxygen atoms in total. The van der Waals surface area contributed by atoms with Crippen LogP contribution >= 0.6 is 0 Å². The number of aryl methyl sites for hydroxylation is 1. The van der Waals surface area contributed by atoms with Gasteiger partial charge in [-0.05, 0) is 39.7 Å². The molecular weight excluding hydrogens is 288 g/mol. The lowest BCUT2D eigenvalue weighted by molar-refractivity contribution is -0.127. The number of nitrogens with zero attached hydrogens (tertiary/aromatic N) is 4. The van der Waals surface area contributed by atoms with E-state index in [1.165, 1.54) is 5.57 Å². The first-order chi connectivity index (χ1) is 11.0. The third-order valence-electron chi connectivity index (χ3n) is 5.03. The van der Waals surface area contributed by atoms with Gasteiger partial charge in [-0.2, -0.15) is 0 Å². The Hall–Kier alpha value is -1.91. The molecule has 2 saturated heterocycles. The summed E-state index contributed by atoms with van der Waals surface area (Å²) in [4.78, 5) is 25.4. The number of anilines is 1. The second kappa shape index (κ2) is 6.30. The van der Waals surface area contributed by atoms with Crippen molar-refractivity contribution in [2.75, 3.05) is 31.1 Å². The lowest BCUT2D eigenvalue weighted by Crippen LogP contribution is -2.42. The van der Waals surface area contributed by atoms with E-state index in [2.05, 4.69) is 34.8 Å². The molecule has 0 saturated carbocycles. The van der Waals surface area contributed by atoms with Crippen molar-refractivity contribution in [1.29, 1.82) is 0 Å². The monoisotopic (exact) mass is 314 g/mol. The molecule has 1 spiro atoms. The lowest BCUT2D eigenvalue weighted by atomic mass is 9.77. The Morgan fingerprint density at radius 2 is 2.09 bits per heavy atom. The average molecular weight is 314 g/mol. The standard InChI is InChI=1S/C18H26N4O/c1-14(2)5-9-22-13-18(12-17(22)23)6-10-21(11-7-18)16-4-8-19-15(3)20-16/h4-5,8H,6-7,9-13H2,1-3H3. The minimum atomic E-state index is 0.172. The first kappa shape index (κ1) is 16.0. The van der Waals surface area contributed by atoms with Crippen LogP contribution in [-0.2, 0) is 4.79 Å². The SMILES string of the molecule is CC(C)=CCN1CC2(CCN(c3ccnc(C)n3)CC2)CC1=O. The van der Waals surface area contributed by atoms with Crippen LogP contribution in [0.5, 0.6) is 0 Å². The summed E-state index contributed by atoms with van der Waals surface area (Å²) in [6.07, 6.45) is 6.80. The Morgan fingerprint density at radius 1 is 1.35 bits per heavy atom. The van der Waals surface area contributed by atoms with E-state index in [9.17, 15) is 4.79 Å². The van der Waals surface area contributed by atoms with Crippen molar-refractivity contribution in [3.05, 3.63) is 29.7 Å². The second-order valence-electron chi connectivity index (χ2n) is 7.18. The molecular formula is C18H26N4O. The van der Waals surface area contributed by atoms with E-state index in [4.69, 9.17) is 0 Å². The van der Waals surface area contributed by atoms with E-state index in [1.807, 2.05) is 24.1 Å². The van der Waals surface area contributed by atoms with Crippen LogP contribution in [0.3, 0.4) is 0 Å². The van der Waals surface area contributed by atoms with Gasteiger partial charge in [0.1, 0.15) is 11.6 Å². The molecule has 1 aromatic heterocycles. The van der Waals surface area contributed by atoms with Gasteiger partial charge in [0.05, 0.1) is 0 Å². The minimum absolute atomic E-state index is 0.172. The maximum absolute atomic E-state index is 12.3. The van der Waals surface area contributed by atoms with E-state index < -0.39 is 0 Å². The summed E-state index contributed by atoms with van der Waals surface area (Å²) in [7, 11) is 0. The molecule has 2 aliphatic heterocycles. The summed E-state index contributed by atoms with van der Waals surface area (Å²) in [5.41, 5.74) is 1.44. The highest BCUT2D eigenvalue weighted by Gasteiger charge is 2.44. The lowest BCUT2D eigenvalue weighted by Gasteiger charge is -2.39. The first-order valence-corrected chi connectivity index (χ1v) is 8.43. The summed E-state index contributed by atoms with van der Waals surface area (Å²) < 4.78 is 0. The molecule has 0 N–H and O–H groups in total. The molecule has 5 heteroatoms. The largest absolute Gasteiger partial charge is 0.356 e. The molecule has 1 amide bonds. The van der Waals surface area contributed by atoms with Crippen molar-refractivity contribution in [3.8, 4) is 0 Å². The van der Waals surface area contributed by atoms with Gasteiger partial charge in [-0.1, -0.05) is 11.6 Å². The molecule has 2 aliphatic rings. The Morgan fingerprint density at radius 3 is 2.74 bits per heavy atom. The predicted molar refractivity (Wildman–Crippen MR) is 91.3 cm³/mol. The summed E-state index contributed by atoms with van der Waals surface area (Å²) in [5, 5.41) is 0. The maximum Gasteiger partial charge on any atom is 0.223 e. The van der Waals surface area contributed by atoms with Crippen molar-refractivity contribution in [1.82, 2.24) is 14.9 Å². The van der Waals surface area contributed by atoms with Gasteiger partial charge >= 0.3 is 0 Å². The molecule has 0 aliphatic carbocycles. The van der Waals surface area contributed by atoms with Gasteiger partial charge in [0.25, 0.3) is 0 Å². The normalized spacial score (nSPS) is 20.2. The number of allylic oxidation sites excluding steroid dienone is 1. The van der Waals surface area contributed by atoms with Crippen LogP contribution in [-0.4, -0.2) is 47.0 Å². The summed E-state index contributed by atoms with van der Waals surface area (Å²) >= 11 is 0. The number of amides is 1. The number of likely N-dealkylation sites (tertiary alicyclic amines) is 1. The number of carbonyl (C=O) groups is 1. The zero-order chi connectivity index (χ0) is 16.4. The molecule has 0 atom stereocenters. The van der Waals surface area contributed by atoms with Crippen LogP contribution in [0.1, 0.15) is 38.9 Å². The van der Waals surface area contributed by atoms with Crippen LogP contribution < -0.4 is 4.90 Å². The number of aromatic nitrogens is 2. The zero-order valence-electron chi connectivity index (χ0n) is 14.4. The fourth-order valence-electron chi connectivity index (χ4n) is 3.61. The molecule has 0 bridgehead atoms. The summed E-state index contributed by atoms with van der Waals surface area (Å²) in [6, 6.07) is 1.98. The fraction of sp³-hybridized carbons (Fsp3) is 0.611.